The molecule has 6 heteroatoms. The first-order chi connectivity index (χ1) is 13.1. The number of carbonyl (C=O) groups excluding carboxylic acids is 1. The van der Waals surface area contributed by atoms with Crippen molar-refractivity contribution in [3.8, 4) is 11.5 Å². The number of hydrogen-bond acceptors (Lipinski definition) is 4. The lowest BCUT2D eigenvalue weighted by atomic mass is 10.0. The van der Waals surface area contributed by atoms with E-state index in [-0.39, 0.29) is 16.9 Å². The predicted molar refractivity (Wildman–Crippen MR) is 98.1 cm³/mol. The van der Waals surface area contributed by atoms with Crippen molar-refractivity contribution in [3.63, 3.8) is 0 Å². The lowest BCUT2D eigenvalue weighted by Crippen LogP contribution is -2.25. The molecule has 130 valence electrons. The van der Waals surface area contributed by atoms with Gasteiger partial charge in [0.15, 0.2) is 5.49 Å². The quantitative estimate of drug-likeness (QED) is 0.457. The van der Waals surface area contributed by atoms with Crippen LogP contribution in [0.5, 0.6) is 0 Å². The maximum Gasteiger partial charge on any atom is 0.280 e. The first-order valence-corrected chi connectivity index (χ1v) is 8.31. The monoisotopic (exact) mass is 357 g/mol. The molecule has 3 aromatic rings. The van der Waals surface area contributed by atoms with E-state index in [1.165, 1.54) is 18.2 Å². The van der Waals surface area contributed by atoms with E-state index < -0.39 is 11.7 Å². The van der Waals surface area contributed by atoms with Gasteiger partial charge in [0.1, 0.15) is 11.4 Å². The van der Waals surface area contributed by atoms with Crippen molar-refractivity contribution in [1.29, 1.82) is 5.41 Å². The molecule has 0 radical (unpaired) electrons. The maximum absolute atomic E-state index is 13.4. The number of hydrogen-bond donors (Lipinski definition) is 1. The Labute approximate surface area is 152 Å². The molecule has 5 rings (SSSR count). The molecule has 0 saturated carbocycles. The molecular weight excluding hydrogens is 345 g/mol. The Balaban J connectivity index is 1.77. The fourth-order valence-corrected chi connectivity index (χ4v) is 3.27. The number of halogens is 1. The highest BCUT2D eigenvalue weighted by atomic mass is 19.1. The highest BCUT2D eigenvalue weighted by Crippen LogP contribution is 2.30. The van der Waals surface area contributed by atoms with E-state index >= 15 is 0 Å². The van der Waals surface area contributed by atoms with E-state index in [4.69, 9.17) is 9.83 Å². The van der Waals surface area contributed by atoms with Gasteiger partial charge < -0.3 is 4.42 Å². The normalized spacial score (nSPS) is 11.4. The summed E-state index contributed by atoms with van der Waals surface area (Å²) in [6.45, 7) is 0. The molecule has 2 aliphatic heterocycles. The van der Waals surface area contributed by atoms with Gasteiger partial charge in [-0.3, -0.25) is 10.2 Å². The lowest BCUT2D eigenvalue weighted by Gasteiger charge is -2.04. The second-order valence-electron chi connectivity index (χ2n) is 6.24. The molecule has 5 nitrogen and oxygen atoms in total. The van der Waals surface area contributed by atoms with Crippen molar-refractivity contribution in [1.82, 2.24) is 9.78 Å². The molecule has 0 aromatic heterocycles. The summed E-state index contributed by atoms with van der Waals surface area (Å²) in [5.41, 5.74) is 1.05. The van der Waals surface area contributed by atoms with E-state index in [9.17, 15) is 9.18 Å². The van der Waals surface area contributed by atoms with Gasteiger partial charge in [0.2, 0.25) is 5.89 Å². The third-order valence-electron chi connectivity index (χ3n) is 4.58. The minimum atomic E-state index is -0.584. The van der Waals surface area contributed by atoms with Crippen LogP contribution in [0.15, 0.2) is 71.1 Å². The zero-order chi connectivity index (χ0) is 18.5. The van der Waals surface area contributed by atoms with Crippen molar-refractivity contribution >= 4 is 27.6 Å². The van der Waals surface area contributed by atoms with Gasteiger partial charge in [-0.2, -0.15) is 4.68 Å². The minimum Gasteiger partial charge on any atom is -0.436 e. The number of nitrogens with zero attached hydrogens (tertiary/aromatic N) is 2. The van der Waals surface area contributed by atoms with E-state index in [1.54, 1.807) is 6.07 Å². The van der Waals surface area contributed by atoms with Gasteiger partial charge in [-0.05, 0) is 41.1 Å². The van der Waals surface area contributed by atoms with Crippen molar-refractivity contribution in [2.75, 3.05) is 0 Å². The minimum absolute atomic E-state index is 0.0992. The van der Waals surface area contributed by atoms with Gasteiger partial charge in [-0.25, -0.2) is 4.39 Å². The first-order valence-electron chi connectivity index (χ1n) is 8.31. The first kappa shape index (κ1) is 15.5. The zero-order valence-electron chi connectivity index (χ0n) is 13.9. The summed E-state index contributed by atoms with van der Waals surface area (Å²) in [6, 6.07) is 18.8. The van der Waals surface area contributed by atoms with Gasteiger partial charge in [-0.15, -0.1) is 5.10 Å². The summed E-state index contributed by atoms with van der Waals surface area (Å²) >= 11 is 0. The van der Waals surface area contributed by atoms with Gasteiger partial charge in [0.05, 0.1) is 5.56 Å². The summed E-state index contributed by atoms with van der Waals surface area (Å²) in [7, 11) is 0. The fourth-order valence-electron chi connectivity index (χ4n) is 3.27. The van der Waals surface area contributed by atoms with Crippen LogP contribution in [0, 0.1) is 11.2 Å². The summed E-state index contributed by atoms with van der Waals surface area (Å²) in [6.07, 6.45) is 0. The Morgan fingerprint density at radius 1 is 1.00 bits per heavy atom. The molecule has 0 atom stereocenters. The Morgan fingerprint density at radius 3 is 2.70 bits per heavy atom. The number of rotatable bonds is 1. The van der Waals surface area contributed by atoms with Crippen LogP contribution in [0.3, 0.4) is 0 Å². The molecule has 0 saturated heterocycles. The molecule has 27 heavy (non-hydrogen) atoms. The van der Waals surface area contributed by atoms with Crippen LogP contribution in [0.25, 0.3) is 33.2 Å². The van der Waals surface area contributed by atoms with Crippen LogP contribution in [-0.4, -0.2) is 15.7 Å². The Kier molecular flexibility index (Phi) is 3.21. The molecule has 1 N–H and O–H groups in total. The number of nitrogens with one attached hydrogen (secondary N) is 1. The molecular formula is C21H12FN3O2. The number of benzene rings is 3. The average molecular weight is 357 g/mol. The van der Waals surface area contributed by atoms with Gasteiger partial charge in [0.25, 0.3) is 5.91 Å². The van der Waals surface area contributed by atoms with Gasteiger partial charge >= 0.3 is 0 Å². The van der Waals surface area contributed by atoms with Crippen LogP contribution < -0.4 is 5.49 Å². The van der Waals surface area contributed by atoms with Crippen LogP contribution >= 0.6 is 0 Å². The van der Waals surface area contributed by atoms with Crippen LogP contribution in [0.4, 0.5) is 4.39 Å². The highest BCUT2D eigenvalue weighted by molar-refractivity contribution is 6.06. The summed E-state index contributed by atoms with van der Waals surface area (Å²) in [5.74, 6) is -0.918. The Morgan fingerprint density at radius 2 is 1.85 bits per heavy atom. The molecule has 3 aromatic carbocycles. The fraction of sp³-hybridized carbons (Fsp3) is 0. The third kappa shape index (κ3) is 2.34. The average Bonchev–Trinajstić information content (AvgIpc) is 3.01. The number of fused-ring (bicyclic) bond motifs is 4. The molecule has 0 amide bonds. The lowest BCUT2D eigenvalue weighted by molar-refractivity contribution is 0.0939. The van der Waals surface area contributed by atoms with Crippen LogP contribution in [0.1, 0.15) is 10.4 Å². The smallest absolute Gasteiger partial charge is 0.280 e. The summed E-state index contributed by atoms with van der Waals surface area (Å²) in [5, 5.41) is 15.4. The Bertz CT molecular complexity index is 1380. The molecule has 0 spiro atoms. The molecule has 0 unspecified atom stereocenters. The zero-order valence-corrected chi connectivity index (χ0v) is 13.9. The second-order valence-corrected chi connectivity index (χ2v) is 6.24. The number of aromatic nitrogens is 2. The van der Waals surface area contributed by atoms with Crippen molar-refractivity contribution < 1.29 is 13.6 Å². The van der Waals surface area contributed by atoms with Gasteiger partial charge in [0, 0.05) is 10.9 Å². The van der Waals surface area contributed by atoms with E-state index in [0.29, 0.717) is 11.1 Å². The molecule has 0 bridgehead atoms. The maximum atomic E-state index is 13.4. The number of carbonyl (C=O) groups is 1. The molecule has 0 aliphatic carbocycles. The van der Waals surface area contributed by atoms with Crippen molar-refractivity contribution in [3.05, 3.63) is 83.6 Å². The Hall–Kier alpha value is -3.80. The summed E-state index contributed by atoms with van der Waals surface area (Å²) < 4.78 is 20.2. The van der Waals surface area contributed by atoms with E-state index in [2.05, 4.69) is 5.10 Å². The van der Waals surface area contributed by atoms with Gasteiger partial charge in [-0.1, -0.05) is 36.4 Å². The topological polar surface area (TPSA) is 71.9 Å². The molecule has 2 aliphatic rings. The van der Waals surface area contributed by atoms with Crippen molar-refractivity contribution in [2.45, 2.75) is 0 Å². The predicted octanol–water partition coefficient (Wildman–Crippen LogP) is 4.19. The standard InChI is InChI=1S/C21H12FN3O2/c22-14-6-3-5-13(10-14)21(26)25-19(23)17-11-16-15-7-2-1-4-12(15)8-9-18(16)27-20(17)24-25/h1-11,23H. The van der Waals surface area contributed by atoms with Crippen LogP contribution in [-0.2, 0) is 0 Å². The largest absolute Gasteiger partial charge is 0.436 e. The second kappa shape index (κ2) is 5.60. The van der Waals surface area contributed by atoms with Crippen molar-refractivity contribution in [2.24, 2.45) is 0 Å². The molecule has 0 fully saturated rings. The summed E-state index contributed by atoms with van der Waals surface area (Å²) in [4.78, 5) is 12.7. The van der Waals surface area contributed by atoms with E-state index in [0.717, 1.165) is 26.9 Å². The highest BCUT2D eigenvalue weighted by Gasteiger charge is 2.21. The van der Waals surface area contributed by atoms with E-state index in [1.807, 2.05) is 36.4 Å². The van der Waals surface area contributed by atoms with Crippen LogP contribution in [0.2, 0.25) is 0 Å². The SMILES string of the molecule is N=c1c2cc3c(ccc4ccccc43)oc-2nn1C(=O)c1cccc(F)c1. The third-order valence-corrected chi connectivity index (χ3v) is 4.58. The molecule has 2 heterocycles.